The molecule has 1 N–H and O–H groups in total. The Morgan fingerprint density at radius 3 is 2.70 bits per heavy atom. The van der Waals surface area contributed by atoms with E-state index in [4.69, 9.17) is 6.57 Å². The molecule has 1 amide bonds. The number of benzene rings is 2. The minimum atomic E-state index is -0.412. The topological polar surface area (TPSA) is 64.2 Å². The fourth-order valence-electron chi connectivity index (χ4n) is 4.08. The third-order valence-corrected chi connectivity index (χ3v) is 5.62. The maximum atomic E-state index is 14.3. The van der Waals surface area contributed by atoms with Gasteiger partial charge in [0.1, 0.15) is 5.82 Å². The molecule has 6 nitrogen and oxygen atoms in total. The van der Waals surface area contributed by atoms with E-state index < -0.39 is 5.82 Å². The quantitative estimate of drug-likeness (QED) is 0.624. The van der Waals surface area contributed by atoms with E-state index in [1.807, 2.05) is 35.9 Å². The molecule has 30 heavy (non-hydrogen) atoms. The van der Waals surface area contributed by atoms with Crippen LogP contribution in [0.3, 0.4) is 0 Å². The van der Waals surface area contributed by atoms with Crippen LogP contribution in [0.4, 0.5) is 10.1 Å². The van der Waals surface area contributed by atoms with Gasteiger partial charge in [-0.3, -0.25) is 4.79 Å². The lowest BCUT2D eigenvalue weighted by atomic mass is 10.0. The highest BCUT2D eigenvalue weighted by molar-refractivity contribution is 5.79. The molecule has 7 heteroatoms. The minimum Gasteiger partial charge on any atom is -0.356 e. The Bertz CT molecular complexity index is 1100. The van der Waals surface area contributed by atoms with Crippen LogP contribution >= 0.6 is 0 Å². The number of halogens is 1. The first-order valence-electron chi connectivity index (χ1n) is 10.1. The Morgan fingerprint density at radius 2 is 2.00 bits per heavy atom. The lowest BCUT2D eigenvalue weighted by Crippen LogP contribution is -2.29. The molecule has 0 radical (unpaired) electrons. The standard InChI is InChI=1S/C23H22FN5O/c1-3-26-23(30)17-8-10-19(12-17)29-22(14-27-28-29)16-6-4-15(5-7-16)20-11-9-18(25-2)13-21(20)24/h4-7,9,11,13-14,17,19H,3,8,10,12H2,1H3,(H,26,30)/t17-,19+/m0/s1. The number of aromatic nitrogens is 3. The van der Waals surface area contributed by atoms with E-state index in [1.165, 1.54) is 6.07 Å². The molecule has 0 spiro atoms. The van der Waals surface area contributed by atoms with Gasteiger partial charge in [-0.05, 0) is 37.8 Å². The molecule has 1 aromatic heterocycles. The smallest absolute Gasteiger partial charge is 0.223 e. The summed E-state index contributed by atoms with van der Waals surface area (Å²) in [4.78, 5) is 15.4. The summed E-state index contributed by atoms with van der Waals surface area (Å²) < 4.78 is 16.2. The van der Waals surface area contributed by atoms with E-state index in [2.05, 4.69) is 20.5 Å². The van der Waals surface area contributed by atoms with Gasteiger partial charge < -0.3 is 5.32 Å². The molecule has 0 unspecified atom stereocenters. The second kappa shape index (κ2) is 8.46. The number of hydrogen-bond donors (Lipinski definition) is 1. The largest absolute Gasteiger partial charge is 0.356 e. The van der Waals surface area contributed by atoms with Crippen molar-refractivity contribution in [3.05, 3.63) is 65.9 Å². The predicted molar refractivity (Wildman–Crippen MR) is 112 cm³/mol. The molecule has 0 aliphatic heterocycles. The van der Waals surface area contributed by atoms with Crippen LogP contribution in [-0.4, -0.2) is 27.4 Å². The molecule has 2 atom stereocenters. The van der Waals surface area contributed by atoms with Crippen LogP contribution < -0.4 is 5.32 Å². The second-order valence-electron chi connectivity index (χ2n) is 7.48. The predicted octanol–water partition coefficient (Wildman–Crippen LogP) is 4.78. The van der Waals surface area contributed by atoms with Gasteiger partial charge in [-0.2, -0.15) is 0 Å². The summed E-state index contributed by atoms with van der Waals surface area (Å²) in [6, 6.07) is 12.2. The summed E-state index contributed by atoms with van der Waals surface area (Å²) in [6.45, 7) is 9.56. The van der Waals surface area contributed by atoms with Crippen molar-refractivity contribution in [1.82, 2.24) is 20.3 Å². The molecule has 1 heterocycles. The van der Waals surface area contributed by atoms with E-state index in [-0.39, 0.29) is 23.6 Å². The fourth-order valence-corrected chi connectivity index (χ4v) is 4.08. The van der Waals surface area contributed by atoms with Crippen LogP contribution in [0, 0.1) is 18.3 Å². The van der Waals surface area contributed by atoms with Crippen molar-refractivity contribution in [2.45, 2.75) is 32.2 Å². The number of amides is 1. The molecule has 3 aromatic rings. The van der Waals surface area contributed by atoms with Gasteiger partial charge in [-0.15, -0.1) is 5.10 Å². The molecular formula is C23H22FN5O. The van der Waals surface area contributed by atoms with Crippen LogP contribution in [0.2, 0.25) is 0 Å². The number of nitrogens with one attached hydrogen (secondary N) is 1. The zero-order valence-corrected chi connectivity index (χ0v) is 16.7. The molecule has 1 saturated carbocycles. The van der Waals surface area contributed by atoms with Gasteiger partial charge in [0, 0.05) is 23.6 Å². The molecule has 0 saturated heterocycles. The normalized spacial score (nSPS) is 18.2. The molecule has 1 aliphatic rings. The third kappa shape index (κ3) is 3.81. The number of hydrogen-bond acceptors (Lipinski definition) is 3. The van der Waals surface area contributed by atoms with Crippen LogP contribution in [0.25, 0.3) is 27.2 Å². The summed E-state index contributed by atoms with van der Waals surface area (Å²) in [5, 5.41) is 11.3. The zero-order valence-electron chi connectivity index (χ0n) is 16.7. The Morgan fingerprint density at radius 1 is 1.23 bits per heavy atom. The van der Waals surface area contributed by atoms with Crippen molar-refractivity contribution in [3.8, 4) is 22.4 Å². The summed E-state index contributed by atoms with van der Waals surface area (Å²) in [6.07, 6.45) is 4.20. The Kier molecular flexibility index (Phi) is 5.57. The first-order chi connectivity index (χ1) is 14.6. The SMILES string of the molecule is [C-]#[N+]c1ccc(-c2ccc(-c3cnnn3[C@@H]3CC[C@H](C(=O)NCC)C3)cc2)c(F)c1. The van der Waals surface area contributed by atoms with Crippen molar-refractivity contribution < 1.29 is 9.18 Å². The van der Waals surface area contributed by atoms with E-state index in [0.717, 1.165) is 36.1 Å². The number of nitrogens with zero attached hydrogens (tertiary/aromatic N) is 4. The summed E-state index contributed by atoms with van der Waals surface area (Å²) in [5.41, 5.74) is 3.30. The lowest BCUT2D eigenvalue weighted by Gasteiger charge is -2.14. The molecule has 1 aliphatic carbocycles. The van der Waals surface area contributed by atoms with Gasteiger partial charge in [-0.25, -0.2) is 13.9 Å². The molecule has 4 rings (SSSR count). The molecule has 0 bridgehead atoms. The lowest BCUT2D eigenvalue weighted by molar-refractivity contribution is -0.124. The third-order valence-electron chi connectivity index (χ3n) is 5.62. The van der Waals surface area contributed by atoms with Gasteiger partial charge in [-0.1, -0.05) is 41.6 Å². The number of rotatable bonds is 5. The Balaban J connectivity index is 1.55. The summed E-state index contributed by atoms with van der Waals surface area (Å²) >= 11 is 0. The van der Waals surface area contributed by atoms with Crippen LogP contribution in [0.15, 0.2) is 48.7 Å². The minimum absolute atomic E-state index is 0.00998. The average Bonchev–Trinajstić information content (AvgIpc) is 3.43. The second-order valence-corrected chi connectivity index (χ2v) is 7.48. The maximum absolute atomic E-state index is 14.3. The van der Waals surface area contributed by atoms with Gasteiger partial charge in [0.2, 0.25) is 5.91 Å². The van der Waals surface area contributed by atoms with Crippen LogP contribution in [0.1, 0.15) is 32.2 Å². The van der Waals surface area contributed by atoms with Crippen molar-refractivity contribution >= 4 is 11.6 Å². The van der Waals surface area contributed by atoms with Crippen molar-refractivity contribution in [3.63, 3.8) is 0 Å². The van der Waals surface area contributed by atoms with E-state index >= 15 is 0 Å². The molecular weight excluding hydrogens is 381 g/mol. The van der Waals surface area contributed by atoms with E-state index in [1.54, 1.807) is 18.3 Å². The Labute approximate surface area is 174 Å². The first-order valence-corrected chi connectivity index (χ1v) is 10.1. The van der Waals surface area contributed by atoms with Gasteiger partial charge in [0.05, 0.1) is 24.5 Å². The Hall–Kier alpha value is -3.53. The molecule has 2 aromatic carbocycles. The number of carbonyl (C=O) groups is 1. The number of carbonyl (C=O) groups excluding carboxylic acids is 1. The first kappa shape index (κ1) is 19.8. The van der Waals surface area contributed by atoms with E-state index in [9.17, 15) is 9.18 Å². The summed E-state index contributed by atoms with van der Waals surface area (Å²) in [7, 11) is 0. The fraction of sp³-hybridized carbons (Fsp3) is 0.304. The summed E-state index contributed by atoms with van der Waals surface area (Å²) in [5.74, 6) is -0.293. The highest BCUT2D eigenvalue weighted by Gasteiger charge is 2.32. The highest BCUT2D eigenvalue weighted by atomic mass is 19.1. The van der Waals surface area contributed by atoms with Crippen LogP contribution in [-0.2, 0) is 4.79 Å². The monoisotopic (exact) mass is 403 g/mol. The molecule has 1 fully saturated rings. The zero-order chi connectivity index (χ0) is 21.1. The molecule has 152 valence electrons. The maximum Gasteiger partial charge on any atom is 0.223 e. The van der Waals surface area contributed by atoms with E-state index in [0.29, 0.717) is 12.1 Å². The van der Waals surface area contributed by atoms with Crippen molar-refractivity contribution in [1.29, 1.82) is 0 Å². The average molecular weight is 403 g/mol. The van der Waals surface area contributed by atoms with Gasteiger partial charge in [0.25, 0.3) is 0 Å². The van der Waals surface area contributed by atoms with Crippen molar-refractivity contribution in [2.24, 2.45) is 5.92 Å². The van der Waals surface area contributed by atoms with Gasteiger partial charge >= 0.3 is 0 Å². The van der Waals surface area contributed by atoms with Gasteiger partial charge in [0.15, 0.2) is 5.69 Å². The van der Waals surface area contributed by atoms with Crippen molar-refractivity contribution in [2.75, 3.05) is 6.54 Å². The highest BCUT2D eigenvalue weighted by Crippen LogP contribution is 2.37. The van der Waals surface area contributed by atoms with Crippen LogP contribution in [0.5, 0.6) is 0 Å².